The van der Waals surface area contributed by atoms with E-state index >= 15 is 0 Å². The molecule has 0 fully saturated rings. The molecule has 0 saturated carbocycles. The second-order valence-corrected chi connectivity index (χ2v) is 12.5. The van der Waals surface area contributed by atoms with Crippen molar-refractivity contribution < 1.29 is 0 Å². The molecule has 1 aliphatic carbocycles. The van der Waals surface area contributed by atoms with Crippen molar-refractivity contribution in [3.63, 3.8) is 0 Å². The lowest BCUT2D eigenvalue weighted by atomic mass is 9.90. The van der Waals surface area contributed by atoms with Crippen molar-refractivity contribution in [2.75, 3.05) is 4.90 Å². The Morgan fingerprint density at radius 3 is 1.47 bits per heavy atom. The van der Waals surface area contributed by atoms with Gasteiger partial charge in [-0.3, -0.25) is 0 Å². The Morgan fingerprint density at radius 2 is 0.894 bits per heavy atom. The highest BCUT2D eigenvalue weighted by atomic mass is 15.1. The zero-order valence-corrected chi connectivity index (χ0v) is 26.1. The summed E-state index contributed by atoms with van der Waals surface area (Å²) in [7, 11) is 0. The van der Waals surface area contributed by atoms with Gasteiger partial charge in [0.15, 0.2) is 0 Å². The molecule has 0 aromatic heterocycles. The summed E-state index contributed by atoms with van der Waals surface area (Å²) in [6.07, 6.45) is 6.75. The zero-order chi connectivity index (χ0) is 31.2. The maximum absolute atomic E-state index is 2.44. The topological polar surface area (TPSA) is 3.24 Å². The predicted molar refractivity (Wildman–Crippen MR) is 202 cm³/mol. The number of nitrogens with zero attached hydrogens (tertiary/aromatic N) is 1. The summed E-state index contributed by atoms with van der Waals surface area (Å²) in [5.74, 6) is 0. The minimum absolute atomic E-state index is 1.05. The molecule has 0 saturated heterocycles. The van der Waals surface area contributed by atoms with E-state index in [1.165, 1.54) is 71.4 Å². The molecule has 0 atom stereocenters. The Morgan fingerprint density at radius 1 is 0.404 bits per heavy atom. The van der Waals surface area contributed by atoms with Crippen LogP contribution >= 0.6 is 0 Å². The van der Waals surface area contributed by atoms with Gasteiger partial charge in [0.25, 0.3) is 0 Å². The third-order valence-corrected chi connectivity index (χ3v) is 9.67. The first-order valence-corrected chi connectivity index (χ1v) is 16.5. The number of aryl methyl sites for hydroxylation is 1. The first-order chi connectivity index (χ1) is 23.3. The molecule has 47 heavy (non-hydrogen) atoms. The second kappa shape index (κ2) is 11.5. The fourth-order valence-electron chi connectivity index (χ4n) is 7.23. The summed E-state index contributed by atoms with van der Waals surface area (Å²) in [6, 6.07) is 60.0. The maximum atomic E-state index is 2.44. The summed E-state index contributed by atoms with van der Waals surface area (Å²) >= 11 is 0. The van der Waals surface area contributed by atoms with E-state index in [2.05, 4.69) is 181 Å². The van der Waals surface area contributed by atoms with Crippen molar-refractivity contribution in [3.8, 4) is 22.3 Å². The number of fused-ring (bicyclic) bond motifs is 5. The molecule has 8 aromatic carbocycles. The van der Waals surface area contributed by atoms with Gasteiger partial charge in [-0.1, -0.05) is 133 Å². The summed E-state index contributed by atoms with van der Waals surface area (Å²) < 4.78 is 0. The molecule has 9 rings (SSSR count). The van der Waals surface area contributed by atoms with Crippen molar-refractivity contribution in [1.82, 2.24) is 0 Å². The maximum Gasteiger partial charge on any atom is 0.0543 e. The van der Waals surface area contributed by atoms with Gasteiger partial charge in [-0.05, 0) is 116 Å². The van der Waals surface area contributed by atoms with Crippen molar-refractivity contribution in [3.05, 3.63) is 181 Å². The molecular formula is C46H33N. The van der Waals surface area contributed by atoms with Crippen LogP contribution in [0.25, 0.3) is 60.6 Å². The molecule has 0 unspecified atom stereocenters. The molecule has 0 amide bonds. The van der Waals surface area contributed by atoms with Crippen LogP contribution in [-0.2, 0) is 6.42 Å². The molecule has 8 aromatic rings. The van der Waals surface area contributed by atoms with E-state index in [0.717, 1.165) is 24.2 Å². The first-order valence-electron chi connectivity index (χ1n) is 16.5. The number of benzene rings is 8. The van der Waals surface area contributed by atoms with Crippen molar-refractivity contribution in [2.45, 2.75) is 12.8 Å². The molecular weight excluding hydrogens is 567 g/mol. The van der Waals surface area contributed by atoms with E-state index in [9.17, 15) is 0 Å². The highest BCUT2D eigenvalue weighted by Crippen LogP contribution is 2.43. The minimum Gasteiger partial charge on any atom is -0.310 e. The Labute approximate surface area is 275 Å². The lowest BCUT2D eigenvalue weighted by Gasteiger charge is -2.29. The fourth-order valence-corrected chi connectivity index (χ4v) is 7.23. The number of hydrogen-bond acceptors (Lipinski definition) is 1. The summed E-state index contributed by atoms with van der Waals surface area (Å²) in [5, 5.41) is 7.62. The van der Waals surface area contributed by atoms with Crippen LogP contribution in [-0.4, -0.2) is 0 Å². The van der Waals surface area contributed by atoms with Crippen molar-refractivity contribution in [2.24, 2.45) is 0 Å². The van der Waals surface area contributed by atoms with Gasteiger partial charge in [-0.15, -0.1) is 0 Å². The first kappa shape index (κ1) is 27.4. The molecule has 0 bridgehead atoms. The monoisotopic (exact) mass is 599 g/mol. The lowest BCUT2D eigenvalue weighted by Crippen LogP contribution is -2.12. The second-order valence-electron chi connectivity index (χ2n) is 12.5. The van der Waals surface area contributed by atoms with Crippen LogP contribution < -0.4 is 4.90 Å². The Kier molecular flexibility index (Phi) is 6.68. The highest BCUT2D eigenvalue weighted by molar-refractivity contribution is 6.04. The average Bonchev–Trinajstić information content (AvgIpc) is 3.15. The van der Waals surface area contributed by atoms with Gasteiger partial charge in [-0.25, -0.2) is 0 Å². The normalized spacial score (nSPS) is 12.4. The molecule has 0 N–H and O–H groups in total. The number of hydrogen-bond donors (Lipinski definition) is 0. The standard InChI is InChI=1S/C46H33N/c1-3-11-36-29-38(19-17-32(36)9-1)34-21-25-41(26-22-34)47(46-31-40-13-5-6-14-43(40)44-15-7-8-16-45(44)46)42-27-23-35(24-28-42)39-20-18-33-10-2-4-12-37(33)30-39/h1-4,6-12,14-31H,5,13H2. The van der Waals surface area contributed by atoms with Crippen LogP contribution in [0.3, 0.4) is 0 Å². The smallest absolute Gasteiger partial charge is 0.0543 e. The molecule has 1 nitrogen and oxygen atoms in total. The van der Waals surface area contributed by atoms with Crippen LogP contribution in [0.5, 0.6) is 0 Å². The highest BCUT2D eigenvalue weighted by Gasteiger charge is 2.20. The van der Waals surface area contributed by atoms with E-state index in [1.54, 1.807) is 0 Å². The SMILES string of the molecule is C1=Cc2c(cc(N(c3ccc(-c4ccc5ccccc5c4)cc3)c3ccc(-c4ccc5ccccc5c4)cc3)c3ccccc23)CC1. The largest absolute Gasteiger partial charge is 0.310 e. The van der Waals surface area contributed by atoms with Crippen LogP contribution in [0.4, 0.5) is 17.1 Å². The molecule has 1 aliphatic rings. The third kappa shape index (κ3) is 4.98. The Bertz CT molecular complexity index is 2330. The van der Waals surface area contributed by atoms with Crippen LogP contribution in [0.1, 0.15) is 17.5 Å². The van der Waals surface area contributed by atoms with Gasteiger partial charge in [0, 0.05) is 16.8 Å². The van der Waals surface area contributed by atoms with Crippen molar-refractivity contribution >= 4 is 55.5 Å². The summed E-state index contributed by atoms with van der Waals surface area (Å²) in [5.41, 5.74) is 11.2. The van der Waals surface area contributed by atoms with Gasteiger partial charge in [0.05, 0.1) is 5.69 Å². The summed E-state index contributed by atoms with van der Waals surface area (Å²) in [6.45, 7) is 0. The van der Waals surface area contributed by atoms with E-state index in [0.29, 0.717) is 0 Å². The molecule has 222 valence electrons. The molecule has 0 aliphatic heterocycles. The Hall–Kier alpha value is -5.92. The summed E-state index contributed by atoms with van der Waals surface area (Å²) in [4.78, 5) is 2.44. The predicted octanol–water partition coefficient (Wildman–Crippen LogP) is 12.9. The van der Waals surface area contributed by atoms with Gasteiger partial charge in [0.1, 0.15) is 0 Å². The molecule has 1 heteroatoms. The van der Waals surface area contributed by atoms with E-state index in [4.69, 9.17) is 0 Å². The molecule has 0 radical (unpaired) electrons. The van der Waals surface area contributed by atoms with Crippen molar-refractivity contribution in [1.29, 1.82) is 0 Å². The lowest BCUT2D eigenvalue weighted by molar-refractivity contribution is 0.989. The average molecular weight is 600 g/mol. The van der Waals surface area contributed by atoms with Gasteiger partial charge in [-0.2, -0.15) is 0 Å². The number of anilines is 3. The Balaban J connectivity index is 1.17. The number of rotatable bonds is 5. The van der Waals surface area contributed by atoms with E-state index in [-0.39, 0.29) is 0 Å². The molecule has 0 spiro atoms. The van der Waals surface area contributed by atoms with Crippen LogP contribution in [0, 0.1) is 0 Å². The quantitative estimate of drug-likeness (QED) is 0.190. The van der Waals surface area contributed by atoms with Gasteiger partial charge in [0.2, 0.25) is 0 Å². The molecule has 0 heterocycles. The van der Waals surface area contributed by atoms with E-state index < -0.39 is 0 Å². The number of allylic oxidation sites excluding steroid dienone is 1. The van der Waals surface area contributed by atoms with Crippen LogP contribution in [0.2, 0.25) is 0 Å². The van der Waals surface area contributed by atoms with Gasteiger partial charge < -0.3 is 4.90 Å². The van der Waals surface area contributed by atoms with E-state index in [1.807, 2.05) is 0 Å². The fraction of sp³-hybridized carbons (Fsp3) is 0.0435. The third-order valence-electron chi connectivity index (χ3n) is 9.67. The van der Waals surface area contributed by atoms with Gasteiger partial charge >= 0.3 is 0 Å². The zero-order valence-electron chi connectivity index (χ0n) is 26.1. The van der Waals surface area contributed by atoms with Crippen LogP contribution in [0.15, 0.2) is 170 Å². The minimum atomic E-state index is 1.05.